The molecule has 2 heterocycles. The standard InChI is InChI=1S/C28H29FN2O2/c29-24-13-11-23(12-14-24)25-19-30(18-22-9-5-2-6-10-22)20-26(25)28(32)31-15-16-33-27(31)17-21-7-3-1-4-8-21/h1-14,25-27H,15-20H2/t25-,26+,27?/m0/s1. The predicted molar refractivity (Wildman–Crippen MR) is 126 cm³/mol. The Balaban J connectivity index is 1.36. The highest BCUT2D eigenvalue weighted by molar-refractivity contribution is 5.81. The molecule has 0 saturated carbocycles. The van der Waals surface area contributed by atoms with Crippen LogP contribution in [0, 0.1) is 11.7 Å². The number of likely N-dealkylation sites (tertiary alicyclic amines) is 1. The highest BCUT2D eigenvalue weighted by atomic mass is 19.1. The third-order valence-corrected chi connectivity index (χ3v) is 6.79. The van der Waals surface area contributed by atoms with E-state index >= 15 is 0 Å². The van der Waals surface area contributed by atoms with Crippen LogP contribution in [0.3, 0.4) is 0 Å². The quantitative estimate of drug-likeness (QED) is 0.563. The summed E-state index contributed by atoms with van der Waals surface area (Å²) < 4.78 is 19.6. The second-order valence-corrected chi connectivity index (χ2v) is 8.99. The molecule has 3 atom stereocenters. The molecule has 3 aromatic rings. The largest absolute Gasteiger partial charge is 0.356 e. The third kappa shape index (κ3) is 5.00. The van der Waals surface area contributed by atoms with E-state index in [1.165, 1.54) is 17.7 Å². The fraction of sp³-hybridized carbons (Fsp3) is 0.321. The van der Waals surface area contributed by atoms with Gasteiger partial charge in [0.05, 0.1) is 12.5 Å². The molecule has 3 aromatic carbocycles. The number of nitrogens with zero attached hydrogens (tertiary/aromatic N) is 2. The molecule has 2 aliphatic rings. The molecule has 1 amide bonds. The summed E-state index contributed by atoms with van der Waals surface area (Å²) in [5.41, 5.74) is 3.41. The van der Waals surface area contributed by atoms with E-state index < -0.39 is 0 Å². The average molecular weight is 445 g/mol. The van der Waals surface area contributed by atoms with Crippen molar-refractivity contribution in [3.8, 4) is 0 Å². The molecule has 5 heteroatoms. The highest BCUT2D eigenvalue weighted by Gasteiger charge is 2.43. The Labute approximate surface area is 194 Å². The lowest BCUT2D eigenvalue weighted by Gasteiger charge is -2.28. The third-order valence-electron chi connectivity index (χ3n) is 6.79. The molecule has 2 fully saturated rings. The summed E-state index contributed by atoms with van der Waals surface area (Å²) >= 11 is 0. The van der Waals surface area contributed by atoms with Crippen molar-refractivity contribution in [2.24, 2.45) is 5.92 Å². The summed E-state index contributed by atoms with van der Waals surface area (Å²) in [5, 5.41) is 0. The monoisotopic (exact) mass is 444 g/mol. The molecule has 2 aliphatic heterocycles. The smallest absolute Gasteiger partial charge is 0.229 e. The maximum absolute atomic E-state index is 13.8. The molecular formula is C28H29FN2O2. The van der Waals surface area contributed by atoms with Crippen molar-refractivity contribution in [1.29, 1.82) is 0 Å². The number of carbonyl (C=O) groups is 1. The van der Waals surface area contributed by atoms with E-state index in [4.69, 9.17) is 4.74 Å². The van der Waals surface area contributed by atoms with Gasteiger partial charge >= 0.3 is 0 Å². The van der Waals surface area contributed by atoms with Crippen LogP contribution in [0.4, 0.5) is 4.39 Å². The lowest BCUT2D eigenvalue weighted by molar-refractivity contribution is -0.140. The summed E-state index contributed by atoms with van der Waals surface area (Å²) in [6.07, 6.45) is 0.450. The van der Waals surface area contributed by atoms with Gasteiger partial charge in [-0.25, -0.2) is 4.39 Å². The first-order chi connectivity index (χ1) is 16.2. The Morgan fingerprint density at radius 1 is 0.879 bits per heavy atom. The first kappa shape index (κ1) is 21.8. The minimum Gasteiger partial charge on any atom is -0.356 e. The van der Waals surface area contributed by atoms with Crippen molar-refractivity contribution in [1.82, 2.24) is 9.80 Å². The molecule has 0 spiro atoms. The Bertz CT molecular complexity index is 1060. The molecule has 0 N–H and O–H groups in total. The Hall–Kier alpha value is -3.02. The zero-order valence-electron chi connectivity index (χ0n) is 18.6. The minimum absolute atomic E-state index is 0.0276. The van der Waals surface area contributed by atoms with Gasteiger partial charge in [0.1, 0.15) is 12.0 Å². The molecule has 170 valence electrons. The number of ether oxygens (including phenoxy) is 1. The van der Waals surface area contributed by atoms with Gasteiger partial charge in [0, 0.05) is 38.5 Å². The van der Waals surface area contributed by atoms with Gasteiger partial charge in [-0.15, -0.1) is 0 Å². The fourth-order valence-corrected chi connectivity index (χ4v) is 5.12. The van der Waals surface area contributed by atoms with Crippen molar-refractivity contribution in [3.63, 3.8) is 0 Å². The van der Waals surface area contributed by atoms with Crippen molar-refractivity contribution in [3.05, 3.63) is 107 Å². The van der Waals surface area contributed by atoms with Crippen LogP contribution < -0.4 is 0 Å². The fourth-order valence-electron chi connectivity index (χ4n) is 5.12. The van der Waals surface area contributed by atoms with Crippen LogP contribution in [0.1, 0.15) is 22.6 Å². The van der Waals surface area contributed by atoms with Crippen LogP contribution in [0.15, 0.2) is 84.9 Å². The Kier molecular flexibility index (Phi) is 6.51. The van der Waals surface area contributed by atoms with Crippen LogP contribution in [0.25, 0.3) is 0 Å². The van der Waals surface area contributed by atoms with E-state index in [2.05, 4.69) is 29.2 Å². The van der Waals surface area contributed by atoms with E-state index in [1.54, 1.807) is 0 Å². The molecule has 33 heavy (non-hydrogen) atoms. The number of hydrogen-bond acceptors (Lipinski definition) is 3. The Morgan fingerprint density at radius 3 is 2.24 bits per heavy atom. The Morgan fingerprint density at radius 2 is 1.55 bits per heavy atom. The summed E-state index contributed by atoms with van der Waals surface area (Å²) in [6.45, 7) is 3.43. The highest BCUT2D eigenvalue weighted by Crippen LogP contribution is 2.36. The maximum Gasteiger partial charge on any atom is 0.229 e. The second kappa shape index (κ2) is 9.86. The SMILES string of the molecule is O=C([C@@H]1CN(Cc2ccccc2)C[C@H]1c1ccc(F)cc1)N1CCOC1Cc1ccccc1. The van der Waals surface area contributed by atoms with Crippen LogP contribution in [0.5, 0.6) is 0 Å². The second-order valence-electron chi connectivity index (χ2n) is 8.99. The number of benzene rings is 3. The predicted octanol–water partition coefficient (Wildman–Crippen LogP) is 4.47. The molecule has 0 radical (unpaired) electrons. The van der Waals surface area contributed by atoms with Gasteiger partial charge in [0.15, 0.2) is 0 Å². The van der Waals surface area contributed by atoms with Crippen molar-refractivity contribution < 1.29 is 13.9 Å². The van der Waals surface area contributed by atoms with Crippen LogP contribution in [-0.4, -0.2) is 48.2 Å². The van der Waals surface area contributed by atoms with E-state index in [-0.39, 0.29) is 29.8 Å². The molecule has 4 nitrogen and oxygen atoms in total. The summed E-state index contributed by atoms with van der Waals surface area (Å²) in [7, 11) is 0. The molecular weight excluding hydrogens is 415 g/mol. The van der Waals surface area contributed by atoms with E-state index in [1.807, 2.05) is 53.4 Å². The zero-order chi connectivity index (χ0) is 22.6. The van der Waals surface area contributed by atoms with Gasteiger partial charge in [-0.2, -0.15) is 0 Å². The lowest BCUT2D eigenvalue weighted by atomic mass is 9.88. The molecule has 1 unspecified atom stereocenters. The summed E-state index contributed by atoms with van der Waals surface area (Å²) in [6, 6.07) is 27.1. The van der Waals surface area contributed by atoms with Crippen molar-refractivity contribution >= 4 is 5.91 Å². The number of hydrogen-bond donors (Lipinski definition) is 0. The van der Waals surface area contributed by atoms with Crippen molar-refractivity contribution in [2.45, 2.75) is 25.1 Å². The van der Waals surface area contributed by atoms with E-state index in [9.17, 15) is 9.18 Å². The first-order valence-corrected chi connectivity index (χ1v) is 11.6. The molecule has 0 bridgehead atoms. The van der Waals surface area contributed by atoms with Gasteiger partial charge < -0.3 is 9.64 Å². The van der Waals surface area contributed by atoms with Gasteiger partial charge in [0.25, 0.3) is 0 Å². The van der Waals surface area contributed by atoms with Crippen LogP contribution >= 0.6 is 0 Å². The number of rotatable bonds is 6. The molecule has 2 saturated heterocycles. The minimum atomic E-state index is -0.253. The van der Waals surface area contributed by atoms with Gasteiger partial charge in [0.2, 0.25) is 5.91 Å². The van der Waals surface area contributed by atoms with Gasteiger partial charge in [-0.1, -0.05) is 72.8 Å². The normalized spacial score (nSPS) is 23.2. The lowest BCUT2D eigenvalue weighted by Crippen LogP contribution is -2.43. The van der Waals surface area contributed by atoms with Crippen LogP contribution in [0.2, 0.25) is 0 Å². The van der Waals surface area contributed by atoms with E-state index in [0.717, 1.165) is 24.2 Å². The van der Waals surface area contributed by atoms with Crippen LogP contribution in [-0.2, 0) is 22.5 Å². The van der Waals surface area contributed by atoms with Crippen molar-refractivity contribution in [2.75, 3.05) is 26.2 Å². The molecule has 0 aliphatic carbocycles. The summed E-state index contributed by atoms with van der Waals surface area (Å²) in [4.78, 5) is 18.1. The maximum atomic E-state index is 13.8. The number of amides is 1. The first-order valence-electron chi connectivity index (χ1n) is 11.6. The summed E-state index contributed by atoms with van der Waals surface area (Å²) in [5.74, 6) is -0.270. The van der Waals surface area contributed by atoms with E-state index in [0.29, 0.717) is 26.1 Å². The zero-order valence-corrected chi connectivity index (χ0v) is 18.6. The van der Waals surface area contributed by atoms with Gasteiger partial charge in [-0.05, 0) is 28.8 Å². The van der Waals surface area contributed by atoms with Gasteiger partial charge in [-0.3, -0.25) is 9.69 Å². The molecule has 0 aromatic heterocycles. The topological polar surface area (TPSA) is 32.8 Å². The average Bonchev–Trinajstić information content (AvgIpc) is 3.48. The molecule has 5 rings (SSSR count). The number of carbonyl (C=O) groups excluding carboxylic acids is 1. The number of halogens is 1.